The van der Waals surface area contributed by atoms with E-state index in [1.807, 2.05) is 6.07 Å². The van der Waals surface area contributed by atoms with Gasteiger partial charge in [0.15, 0.2) is 0 Å². The summed E-state index contributed by atoms with van der Waals surface area (Å²) >= 11 is 0. The third-order valence-electron chi connectivity index (χ3n) is 4.29. The Hall–Kier alpha value is -0.820. The lowest BCUT2D eigenvalue weighted by molar-refractivity contribution is -0.000304. The number of ether oxygens (including phenoxy) is 1. The van der Waals surface area contributed by atoms with Gasteiger partial charge < -0.3 is 4.74 Å². The quantitative estimate of drug-likeness (QED) is 0.711. The van der Waals surface area contributed by atoms with Gasteiger partial charge in [0, 0.05) is 0 Å². The molecule has 3 atom stereocenters. The molecule has 1 nitrogen and oxygen atoms in total. The van der Waals surface area contributed by atoms with Gasteiger partial charge in [0.1, 0.15) is 0 Å². The number of hydrogen-bond donors (Lipinski definition) is 0. The Bertz CT molecular complexity index is 329. The van der Waals surface area contributed by atoms with Crippen LogP contribution in [0.2, 0.25) is 0 Å². The summed E-state index contributed by atoms with van der Waals surface area (Å²) in [5, 5.41) is 0. The molecule has 1 saturated carbocycles. The number of rotatable bonds is 6. The first-order valence-electron chi connectivity index (χ1n) is 6.84. The maximum Gasteiger partial charge on any atom is 0.0720 e. The first kappa shape index (κ1) is 12.6. The molecular formula is C16H24O. The molecule has 17 heavy (non-hydrogen) atoms. The van der Waals surface area contributed by atoms with Crippen LogP contribution in [0.5, 0.6) is 0 Å². The van der Waals surface area contributed by atoms with Crippen LogP contribution < -0.4 is 0 Å². The van der Waals surface area contributed by atoms with Gasteiger partial charge in [0.2, 0.25) is 0 Å². The Kier molecular flexibility index (Phi) is 4.22. The Morgan fingerprint density at radius 2 is 1.76 bits per heavy atom. The second kappa shape index (κ2) is 5.68. The zero-order valence-electron chi connectivity index (χ0n) is 11.2. The summed E-state index contributed by atoms with van der Waals surface area (Å²) in [5.74, 6) is 2.43. The van der Waals surface area contributed by atoms with Crippen molar-refractivity contribution in [2.45, 2.75) is 46.3 Å². The molecule has 1 aliphatic rings. The molecule has 0 spiro atoms. The van der Waals surface area contributed by atoms with Crippen LogP contribution in [0, 0.1) is 17.8 Å². The third-order valence-corrected chi connectivity index (χ3v) is 4.29. The van der Waals surface area contributed by atoms with Crippen molar-refractivity contribution < 1.29 is 4.74 Å². The first-order valence-corrected chi connectivity index (χ1v) is 6.84. The van der Waals surface area contributed by atoms with E-state index < -0.39 is 0 Å². The summed E-state index contributed by atoms with van der Waals surface area (Å²) in [4.78, 5) is 0. The molecule has 0 heterocycles. The van der Waals surface area contributed by atoms with E-state index >= 15 is 0 Å². The lowest BCUT2D eigenvalue weighted by Gasteiger charge is -2.26. The summed E-state index contributed by atoms with van der Waals surface area (Å²) in [7, 11) is 0. The van der Waals surface area contributed by atoms with E-state index in [-0.39, 0.29) is 0 Å². The molecule has 1 heteroatoms. The van der Waals surface area contributed by atoms with E-state index in [1.54, 1.807) is 0 Å². The highest BCUT2D eigenvalue weighted by Crippen LogP contribution is 2.41. The van der Waals surface area contributed by atoms with Crippen molar-refractivity contribution in [1.29, 1.82) is 0 Å². The lowest BCUT2D eigenvalue weighted by Crippen LogP contribution is -2.25. The minimum atomic E-state index is 0.353. The average molecular weight is 232 g/mol. The number of benzene rings is 1. The normalized spacial score (nSPS) is 20.9. The predicted molar refractivity (Wildman–Crippen MR) is 71.7 cm³/mol. The van der Waals surface area contributed by atoms with Crippen molar-refractivity contribution >= 4 is 0 Å². The molecule has 0 aliphatic heterocycles. The van der Waals surface area contributed by atoms with Crippen LogP contribution in [-0.4, -0.2) is 6.10 Å². The van der Waals surface area contributed by atoms with Gasteiger partial charge in [-0.05, 0) is 43.1 Å². The maximum absolute atomic E-state index is 5.99. The Balaban J connectivity index is 1.78. The SMILES string of the molecule is C[C@@H]([C@H](C)OCc1ccccc1)[C@@H](C)C1CC1. The van der Waals surface area contributed by atoms with Crippen LogP contribution >= 0.6 is 0 Å². The molecule has 0 saturated heterocycles. The summed E-state index contributed by atoms with van der Waals surface area (Å²) < 4.78 is 5.99. The van der Waals surface area contributed by atoms with Crippen LogP contribution in [-0.2, 0) is 11.3 Å². The molecule has 2 rings (SSSR count). The van der Waals surface area contributed by atoms with Crippen LogP contribution in [0.25, 0.3) is 0 Å². The fourth-order valence-electron chi connectivity index (χ4n) is 2.43. The molecule has 1 aromatic rings. The van der Waals surface area contributed by atoms with Crippen molar-refractivity contribution in [2.24, 2.45) is 17.8 Å². The van der Waals surface area contributed by atoms with Gasteiger partial charge in [-0.25, -0.2) is 0 Å². The van der Waals surface area contributed by atoms with Gasteiger partial charge in [0.25, 0.3) is 0 Å². The molecule has 0 unspecified atom stereocenters. The first-order chi connectivity index (χ1) is 8.18. The van der Waals surface area contributed by atoms with E-state index in [4.69, 9.17) is 4.74 Å². The van der Waals surface area contributed by atoms with E-state index in [9.17, 15) is 0 Å². The van der Waals surface area contributed by atoms with Crippen LogP contribution in [0.1, 0.15) is 39.2 Å². The molecule has 1 aromatic carbocycles. The predicted octanol–water partition coefficient (Wildman–Crippen LogP) is 4.27. The standard InChI is InChI=1S/C16H24O/c1-12(13(2)16-9-10-16)14(3)17-11-15-7-5-4-6-8-15/h4-8,12-14,16H,9-11H2,1-3H3/t12-,13-,14+/m1/s1. The molecule has 0 radical (unpaired) electrons. The van der Waals surface area contributed by atoms with Crippen LogP contribution in [0.3, 0.4) is 0 Å². The second-order valence-corrected chi connectivity index (χ2v) is 5.56. The smallest absolute Gasteiger partial charge is 0.0720 e. The summed E-state index contributed by atoms with van der Waals surface area (Å²) in [5.41, 5.74) is 1.27. The van der Waals surface area contributed by atoms with Gasteiger partial charge in [-0.2, -0.15) is 0 Å². The second-order valence-electron chi connectivity index (χ2n) is 5.56. The van der Waals surface area contributed by atoms with Gasteiger partial charge in [-0.1, -0.05) is 44.2 Å². The van der Waals surface area contributed by atoms with Crippen molar-refractivity contribution in [2.75, 3.05) is 0 Å². The third kappa shape index (κ3) is 3.57. The van der Waals surface area contributed by atoms with Gasteiger partial charge >= 0.3 is 0 Å². The molecule has 1 aliphatic carbocycles. The van der Waals surface area contributed by atoms with E-state index in [2.05, 4.69) is 45.0 Å². The largest absolute Gasteiger partial charge is 0.374 e. The van der Waals surface area contributed by atoms with Gasteiger partial charge in [0.05, 0.1) is 12.7 Å². The fourth-order valence-corrected chi connectivity index (χ4v) is 2.43. The van der Waals surface area contributed by atoms with E-state index in [0.717, 1.165) is 18.4 Å². The topological polar surface area (TPSA) is 9.23 Å². The molecule has 94 valence electrons. The molecule has 0 N–H and O–H groups in total. The Labute approximate surface area is 105 Å². The van der Waals surface area contributed by atoms with Crippen molar-refractivity contribution in [3.63, 3.8) is 0 Å². The lowest BCUT2D eigenvalue weighted by atomic mass is 9.87. The molecular weight excluding hydrogens is 208 g/mol. The highest BCUT2D eigenvalue weighted by Gasteiger charge is 2.33. The van der Waals surface area contributed by atoms with Gasteiger partial charge in [-0.15, -0.1) is 0 Å². The van der Waals surface area contributed by atoms with Crippen LogP contribution in [0.15, 0.2) is 30.3 Å². The average Bonchev–Trinajstić information content (AvgIpc) is 3.19. The highest BCUT2D eigenvalue weighted by molar-refractivity contribution is 5.13. The minimum Gasteiger partial charge on any atom is -0.374 e. The maximum atomic E-state index is 5.99. The van der Waals surface area contributed by atoms with Gasteiger partial charge in [-0.3, -0.25) is 0 Å². The van der Waals surface area contributed by atoms with Crippen molar-refractivity contribution in [3.05, 3.63) is 35.9 Å². The Morgan fingerprint density at radius 1 is 1.12 bits per heavy atom. The number of hydrogen-bond acceptors (Lipinski definition) is 1. The van der Waals surface area contributed by atoms with Crippen molar-refractivity contribution in [3.8, 4) is 0 Å². The monoisotopic (exact) mass is 232 g/mol. The zero-order valence-corrected chi connectivity index (χ0v) is 11.2. The molecule has 1 fully saturated rings. The highest BCUT2D eigenvalue weighted by atomic mass is 16.5. The summed E-state index contributed by atoms with van der Waals surface area (Å²) in [6.07, 6.45) is 3.21. The van der Waals surface area contributed by atoms with Crippen LogP contribution in [0.4, 0.5) is 0 Å². The molecule has 0 amide bonds. The van der Waals surface area contributed by atoms with E-state index in [0.29, 0.717) is 12.0 Å². The Morgan fingerprint density at radius 3 is 2.35 bits per heavy atom. The summed E-state index contributed by atoms with van der Waals surface area (Å²) in [6.45, 7) is 7.67. The summed E-state index contributed by atoms with van der Waals surface area (Å²) in [6, 6.07) is 10.4. The minimum absolute atomic E-state index is 0.353. The fraction of sp³-hybridized carbons (Fsp3) is 0.625. The van der Waals surface area contributed by atoms with Crippen molar-refractivity contribution in [1.82, 2.24) is 0 Å². The van der Waals surface area contributed by atoms with E-state index in [1.165, 1.54) is 18.4 Å². The zero-order chi connectivity index (χ0) is 12.3. The molecule has 0 aromatic heterocycles. The molecule has 0 bridgehead atoms.